The summed E-state index contributed by atoms with van der Waals surface area (Å²) in [5, 5.41) is 10.4. The minimum atomic E-state index is -0.952. The molecule has 5 heteroatoms. The van der Waals surface area contributed by atoms with Gasteiger partial charge in [0, 0.05) is 5.92 Å². The van der Waals surface area contributed by atoms with Gasteiger partial charge in [0.2, 0.25) is 0 Å². The van der Waals surface area contributed by atoms with Crippen molar-refractivity contribution in [1.82, 2.24) is 0 Å². The zero-order chi connectivity index (χ0) is 20.3. The molecule has 0 radical (unpaired) electrons. The Balaban J connectivity index is 1.69. The highest BCUT2D eigenvalue weighted by Gasteiger charge is 2.44. The van der Waals surface area contributed by atoms with Crippen molar-refractivity contribution >= 4 is 12.1 Å². The van der Waals surface area contributed by atoms with Crippen LogP contribution in [-0.4, -0.2) is 36.0 Å². The number of hydrogen-bond donors (Lipinski definition) is 1. The van der Waals surface area contributed by atoms with E-state index in [0.717, 1.165) is 12.0 Å². The van der Waals surface area contributed by atoms with E-state index in [1.807, 2.05) is 25.1 Å². The van der Waals surface area contributed by atoms with Gasteiger partial charge in [0.25, 0.3) is 0 Å². The average molecular weight is 382 g/mol. The Kier molecular flexibility index (Phi) is 5.84. The van der Waals surface area contributed by atoms with E-state index in [4.69, 9.17) is 9.47 Å². The minimum absolute atomic E-state index is 0.0117. The predicted molar refractivity (Wildman–Crippen MR) is 106 cm³/mol. The lowest BCUT2D eigenvalue weighted by atomic mass is 9.81. The molecule has 0 aliphatic carbocycles. The van der Waals surface area contributed by atoms with Crippen LogP contribution in [0.25, 0.3) is 0 Å². The summed E-state index contributed by atoms with van der Waals surface area (Å²) in [6.07, 6.45) is 1.42. The molecule has 5 nitrogen and oxygen atoms in total. The molecule has 1 aliphatic rings. The number of aromatic hydroxyl groups is 1. The Morgan fingerprint density at radius 3 is 2.64 bits per heavy atom. The molecule has 2 aromatic rings. The lowest BCUT2D eigenvalue weighted by molar-refractivity contribution is -0.114. The smallest absolute Gasteiger partial charge is 0.184 e. The van der Waals surface area contributed by atoms with Crippen molar-refractivity contribution in [2.75, 3.05) is 13.2 Å². The number of benzene rings is 2. The Bertz CT molecular complexity index is 857. The lowest BCUT2D eigenvalue weighted by Crippen LogP contribution is -2.46. The molecule has 1 N–H and O–H groups in total. The monoisotopic (exact) mass is 382 g/mol. The summed E-state index contributed by atoms with van der Waals surface area (Å²) in [5.74, 6) is -1.17. The van der Waals surface area contributed by atoms with E-state index in [2.05, 4.69) is 12.1 Å². The first-order valence-corrected chi connectivity index (χ1v) is 9.50. The van der Waals surface area contributed by atoms with Crippen LogP contribution in [0.15, 0.2) is 42.5 Å². The standard InChI is InChI=1S/C23H26O5/c1-15(14-27-10-9-16-7-5-4-6-8-16)17-11-19(25)21-20(12-17)28-23(2,3)18(13-24)22(21)26/h4-8,11-13,15,18,25H,9-10,14H2,1-3H3. The molecular formula is C23H26O5. The molecule has 148 valence electrons. The molecule has 0 aromatic heterocycles. The summed E-state index contributed by atoms with van der Waals surface area (Å²) in [6.45, 7) is 6.49. The molecule has 2 unspecified atom stereocenters. The lowest BCUT2D eigenvalue weighted by Gasteiger charge is -2.36. The Hall–Kier alpha value is -2.66. The van der Waals surface area contributed by atoms with Crippen LogP contribution >= 0.6 is 0 Å². The van der Waals surface area contributed by atoms with Gasteiger partial charge in [-0.05, 0) is 43.5 Å². The SMILES string of the molecule is CC(COCCc1ccccc1)c1cc(O)c2c(c1)OC(C)(C)C(C=O)C2=O. The number of phenolic OH excluding ortho intramolecular Hbond substituents is 1. The van der Waals surface area contributed by atoms with Crippen LogP contribution in [0.1, 0.15) is 48.2 Å². The Morgan fingerprint density at radius 1 is 1.25 bits per heavy atom. The maximum absolute atomic E-state index is 12.6. The molecule has 0 spiro atoms. The van der Waals surface area contributed by atoms with Gasteiger partial charge in [0.1, 0.15) is 34.9 Å². The minimum Gasteiger partial charge on any atom is -0.507 e. The maximum atomic E-state index is 12.6. The molecule has 3 rings (SSSR count). The first-order chi connectivity index (χ1) is 13.3. The highest BCUT2D eigenvalue weighted by Crippen LogP contribution is 2.42. The molecule has 2 aromatic carbocycles. The van der Waals surface area contributed by atoms with Gasteiger partial charge in [0.05, 0.1) is 13.2 Å². The van der Waals surface area contributed by atoms with Crippen LogP contribution in [-0.2, 0) is 16.0 Å². The number of fused-ring (bicyclic) bond motifs is 1. The summed E-state index contributed by atoms with van der Waals surface area (Å²) < 4.78 is 11.7. The Labute approximate surface area is 165 Å². The second-order valence-electron chi connectivity index (χ2n) is 7.81. The zero-order valence-corrected chi connectivity index (χ0v) is 16.5. The number of ether oxygens (including phenoxy) is 2. The van der Waals surface area contributed by atoms with E-state index < -0.39 is 17.3 Å². The highest BCUT2D eigenvalue weighted by atomic mass is 16.5. The van der Waals surface area contributed by atoms with Crippen LogP contribution in [0.3, 0.4) is 0 Å². The maximum Gasteiger partial charge on any atom is 0.184 e. The summed E-state index contributed by atoms with van der Waals surface area (Å²) in [5.41, 5.74) is 1.17. The van der Waals surface area contributed by atoms with Gasteiger partial charge in [-0.15, -0.1) is 0 Å². The quantitative estimate of drug-likeness (QED) is 0.446. The first kappa shape index (κ1) is 20.1. The van der Waals surface area contributed by atoms with Crippen LogP contribution in [0.4, 0.5) is 0 Å². The summed E-state index contributed by atoms with van der Waals surface area (Å²) >= 11 is 0. The van der Waals surface area contributed by atoms with Crippen molar-refractivity contribution in [3.8, 4) is 11.5 Å². The number of Topliss-reactive ketones (excluding diaryl/α,β-unsaturated/α-hetero) is 1. The predicted octanol–water partition coefficient (Wildman–Crippen LogP) is 3.92. The Morgan fingerprint density at radius 2 is 1.96 bits per heavy atom. The highest BCUT2D eigenvalue weighted by molar-refractivity contribution is 6.10. The molecule has 2 atom stereocenters. The van der Waals surface area contributed by atoms with Crippen LogP contribution in [0.5, 0.6) is 11.5 Å². The number of rotatable bonds is 7. The van der Waals surface area contributed by atoms with Crippen molar-refractivity contribution in [3.05, 3.63) is 59.2 Å². The van der Waals surface area contributed by atoms with Crippen molar-refractivity contribution < 1.29 is 24.2 Å². The van der Waals surface area contributed by atoms with E-state index in [-0.39, 0.29) is 17.2 Å². The number of hydrogen-bond acceptors (Lipinski definition) is 5. The molecule has 0 amide bonds. The second kappa shape index (κ2) is 8.15. The normalized spacial score (nSPS) is 18.8. The topological polar surface area (TPSA) is 72.8 Å². The molecule has 0 fully saturated rings. The van der Waals surface area contributed by atoms with Gasteiger partial charge < -0.3 is 19.4 Å². The number of carbonyl (C=O) groups is 2. The summed E-state index contributed by atoms with van der Waals surface area (Å²) in [6, 6.07) is 13.5. The molecule has 0 bridgehead atoms. The van der Waals surface area contributed by atoms with Crippen LogP contribution in [0, 0.1) is 5.92 Å². The molecule has 1 aliphatic heterocycles. The number of phenols is 1. The van der Waals surface area contributed by atoms with Crippen LogP contribution < -0.4 is 4.74 Å². The fourth-order valence-electron chi connectivity index (χ4n) is 3.47. The van der Waals surface area contributed by atoms with E-state index in [1.54, 1.807) is 26.0 Å². The molecule has 0 saturated carbocycles. The number of aldehydes is 1. The van der Waals surface area contributed by atoms with Gasteiger partial charge in [-0.2, -0.15) is 0 Å². The van der Waals surface area contributed by atoms with Crippen molar-refractivity contribution in [1.29, 1.82) is 0 Å². The third-order valence-corrected chi connectivity index (χ3v) is 5.21. The van der Waals surface area contributed by atoms with Crippen molar-refractivity contribution in [3.63, 3.8) is 0 Å². The average Bonchev–Trinajstić information content (AvgIpc) is 2.64. The fourth-order valence-corrected chi connectivity index (χ4v) is 3.47. The molecule has 1 heterocycles. The van der Waals surface area contributed by atoms with E-state index in [1.165, 1.54) is 5.56 Å². The molecule has 28 heavy (non-hydrogen) atoms. The first-order valence-electron chi connectivity index (χ1n) is 9.50. The third-order valence-electron chi connectivity index (χ3n) is 5.21. The largest absolute Gasteiger partial charge is 0.507 e. The van der Waals surface area contributed by atoms with Gasteiger partial charge in [-0.1, -0.05) is 37.3 Å². The molecule has 0 saturated heterocycles. The second-order valence-corrected chi connectivity index (χ2v) is 7.81. The van der Waals surface area contributed by atoms with E-state index in [0.29, 0.717) is 25.2 Å². The fraction of sp³-hybridized carbons (Fsp3) is 0.391. The van der Waals surface area contributed by atoms with Crippen molar-refractivity contribution in [2.45, 2.75) is 38.7 Å². The van der Waals surface area contributed by atoms with Gasteiger partial charge in [-0.25, -0.2) is 0 Å². The van der Waals surface area contributed by atoms with Gasteiger partial charge >= 0.3 is 0 Å². The third kappa shape index (κ3) is 4.09. The summed E-state index contributed by atoms with van der Waals surface area (Å²) in [7, 11) is 0. The van der Waals surface area contributed by atoms with Crippen LogP contribution in [0.2, 0.25) is 0 Å². The van der Waals surface area contributed by atoms with Gasteiger partial charge in [-0.3, -0.25) is 4.79 Å². The van der Waals surface area contributed by atoms with E-state index in [9.17, 15) is 14.7 Å². The van der Waals surface area contributed by atoms with Crippen molar-refractivity contribution in [2.24, 2.45) is 5.92 Å². The number of ketones is 1. The van der Waals surface area contributed by atoms with E-state index >= 15 is 0 Å². The molecular weight excluding hydrogens is 356 g/mol. The zero-order valence-electron chi connectivity index (χ0n) is 16.5. The summed E-state index contributed by atoms with van der Waals surface area (Å²) in [4.78, 5) is 23.9. The number of carbonyl (C=O) groups excluding carboxylic acids is 2. The van der Waals surface area contributed by atoms with Gasteiger partial charge in [0.15, 0.2) is 5.78 Å².